The maximum Gasteiger partial charge on any atom is 0.339 e. The average Bonchev–Trinajstić information content (AvgIpc) is 2.38. The molecule has 1 unspecified atom stereocenters. The number of hydrogen-bond donors (Lipinski definition) is 0. The van der Waals surface area contributed by atoms with Crippen molar-refractivity contribution >= 4 is 5.97 Å². The van der Waals surface area contributed by atoms with Gasteiger partial charge in [-0.15, -0.1) is 0 Å². The zero-order chi connectivity index (χ0) is 12.7. The number of benzene rings is 1. The second-order valence-electron chi connectivity index (χ2n) is 3.31. The van der Waals surface area contributed by atoms with Crippen LogP contribution in [-0.2, 0) is 14.3 Å². The van der Waals surface area contributed by atoms with Crippen molar-refractivity contribution in [2.24, 2.45) is 0 Å². The summed E-state index contributed by atoms with van der Waals surface area (Å²) in [4.78, 5) is 11.4. The maximum atomic E-state index is 11.4. The lowest BCUT2D eigenvalue weighted by Gasteiger charge is -2.13. The van der Waals surface area contributed by atoms with E-state index in [-0.39, 0.29) is 0 Å². The number of hydrogen-bond acceptors (Lipinski definition) is 4. The molecule has 1 rings (SSSR count). The van der Waals surface area contributed by atoms with Crippen molar-refractivity contribution in [2.45, 2.75) is 6.10 Å². The van der Waals surface area contributed by atoms with Crippen LogP contribution in [0.1, 0.15) is 11.7 Å². The quantitative estimate of drug-likeness (QED) is 0.560. The summed E-state index contributed by atoms with van der Waals surface area (Å²) in [7, 11) is 2.79. The second-order valence-corrected chi connectivity index (χ2v) is 3.31. The van der Waals surface area contributed by atoms with Gasteiger partial charge in [-0.3, -0.25) is 0 Å². The van der Waals surface area contributed by atoms with Crippen LogP contribution in [0.2, 0.25) is 0 Å². The highest BCUT2D eigenvalue weighted by molar-refractivity contribution is 5.76. The highest BCUT2D eigenvalue weighted by Gasteiger charge is 2.20. The first-order valence-corrected chi connectivity index (χ1v) is 5.17. The average molecular weight is 236 g/mol. The lowest BCUT2D eigenvalue weighted by molar-refractivity contribution is -0.152. The van der Waals surface area contributed by atoms with Crippen LogP contribution in [0, 0.1) is 0 Å². The summed E-state index contributed by atoms with van der Waals surface area (Å²) in [5.41, 5.74) is 0.727. The molecule has 1 aromatic rings. The number of rotatable bonds is 6. The van der Waals surface area contributed by atoms with Crippen molar-refractivity contribution in [1.29, 1.82) is 0 Å². The van der Waals surface area contributed by atoms with E-state index in [0.717, 1.165) is 5.56 Å². The molecule has 4 heteroatoms. The maximum absolute atomic E-state index is 11.4. The minimum Gasteiger partial charge on any atom is -0.490 e. The van der Waals surface area contributed by atoms with E-state index < -0.39 is 12.1 Å². The molecule has 4 nitrogen and oxygen atoms in total. The molecule has 0 heterocycles. The molecule has 0 aromatic heterocycles. The van der Waals surface area contributed by atoms with Crippen molar-refractivity contribution in [2.75, 3.05) is 20.8 Å². The van der Waals surface area contributed by atoms with E-state index in [0.29, 0.717) is 12.4 Å². The van der Waals surface area contributed by atoms with Crippen molar-refractivity contribution in [3.8, 4) is 5.75 Å². The molecule has 0 saturated carbocycles. The Morgan fingerprint density at radius 3 is 2.47 bits per heavy atom. The van der Waals surface area contributed by atoms with Gasteiger partial charge in [0.05, 0.1) is 7.11 Å². The predicted octanol–water partition coefficient (Wildman–Crippen LogP) is 2.11. The SMILES string of the molecule is C=CCOc1ccc(C(OC)C(=O)OC)cc1. The van der Waals surface area contributed by atoms with Crippen molar-refractivity contribution in [3.63, 3.8) is 0 Å². The van der Waals surface area contributed by atoms with Gasteiger partial charge < -0.3 is 14.2 Å². The van der Waals surface area contributed by atoms with Crippen LogP contribution in [-0.4, -0.2) is 26.8 Å². The minimum atomic E-state index is -0.701. The third-order valence-electron chi connectivity index (χ3n) is 2.20. The van der Waals surface area contributed by atoms with E-state index in [4.69, 9.17) is 9.47 Å². The van der Waals surface area contributed by atoms with Gasteiger partial charge in [0.25, 0.3) is 0 Å². The normalized spacial score (nSPS) is 11.6. The lowest BCUT2D eigenvalue weighted by atomic mass is 10.1. The van der Waals surface area contributed by atoms with E-state index in [2.05, 4.69) is 11.3 Å². The zero-order valence-corrected chi connectivity index (χ0v) is 10.0. The summed E-state index contributed by atoms with van der Waals surface area (Å²) in [6.45, 7) is 4.01. The fourth-order valence-corrected chi connectivity index (χ4v) is 1.37. The van der Waals surface area contributed by atoms with E-state index in [9.17, 15) is 4.79 Å². The fraction of sp³-hybridized carbons (Fsp3) is 0.308. The van der Waals surface area contributed by atoms with Crippen LogP contribution < -0.4 is 4.74 Å². The van der Waals surface area contributed by atoms with Gasteiger partial charge in [-0.2, -0.15) is 0 Å². The molecule has 0 aliphatic rings. The fourth-order valence-electron chi connectivity index (χ4n) is 1.37. The van der Waals surface area contributed by atoms with Crippen LogP contribution in [0.4, 0.5) is 0 Å². The molecule has 0 radical (unpaired) electrons. The van der Waals surface area contributed by atoms with Crippen LogP contribution in [0.3, 0.4) is 0 Å². The Balaban J connectivity index is 2.77. The summed E-state index contributed by atoms with van der Waals surface area (Å²) in [6.07, 6.45) is 0.966. The summed E-state index contributed by atoms with van der Waals surface area (Å²) in [6, 6.07) is 7.08. The number of carbonyl (C=O) groups is 1. The first-order valence-electron chi connectivity index (χ1n) is 5.17. The van der Waals surface area contributed by atoms with E-state index in [1.807, 2.05) is 0 Å². The molecule has 17 heavy (non-hydrogen) atoms. The smallest absolute Gasteiger partial charge is 0.339 e. The van der Waals surface area contributed by atoms with Crippen LogP contribution in [0.25, 0.3) is 0 Å². The molecular formula is C13H16O4. The third kappa shape index (κ3) is 3.60. The Labute approximate surface area is 101 Å². The number of carbonyl (C=O) groups excluding carboxylic acids is 1. The van der Waals surface area contributed by atoms with Gasteiger partial charge in [0, 0.05) is 7.11 Å². The van der Waals surface area contributed by atoms with Crippen LogP contribution >= 0.6 is 0 Å². The van der Waals surface area contributed by atoms with E-state index >= 15 is 0 Å². The first kappa shape index (κ1) is 13.3. The summed E-state index contributed by atoms with van der Waals surface area (Å²) < 4.78 is 15.1. The Morgan fingerprint density at radius 1 is 1.35 bits per heavy atom. The molecule has 0 N–H and O–H groups in total. The number of ether oxygens (including phenoxy) is 3. The van der Waals surface area contributed by atoms with E-state index in [1.165, 1.54) is 14.2 Å². The molecule has 0 aliphatic carbocycles. The Kier molecular flexibility index (Phi) is 5.23. The second kappa shape index (κ2) is 6.70. The van der Waals surface area contributed by atoms with Crippen molar-refractivity contribution < 1.29 is 19.0 Å². The largest absolute Gasteiger partial charge is 0.490 e. The van der Waals surface area contributed by atoms with E-state index in [1.54, 1.807) is 30.3 Å². The minimum absolute atomic E-state index is 0.424. The highest BCUT2D eigenvalue weighted by atomic mass is 16.6. The van der Waals surface area contributed by atoms with Gasteiger partial charge in [0.15, 0.2) is 6.10 Å². The van der Waals surface area contributed by atoms with Gasteiger partial charge >= 0.3 is 5.97 Å². The van der Waals surface area contributed by atoms with Crippen LogP contribution in [0.15, 0.2) is 36.9 Å². The van der Waals surface area contributed by atoms with Crippen molar-refractivity contribution in [3.05, 3.63) is 42.5 Å². The molecule has 0 aliphatic heterocycles. The van der Waals surface area contributed by atoms with Gasteiger partial charge in [-0.05, 0) is 17.7 Å². The topological polar surface area (TPSA) is 44.8 Å². The highest BCUT2D eigenvalue weighted by Crippen LogP contribution is 2.21. The molecular weight excluding hydrogens is 220 g/mol. The van der Waals surface area contributed by atoms with Gasteiger partial charge in [0.1, 0.15) is 12.4 Å². The molecule has 1 aromatic carbocycles. The number of methoxy groups -OCH3 is 2. The standard InChI is InChI=1S/C13H16O4/c1-4-9-17-11-7-5-10(6-8-11)12(15-2)13(14)16-3/h4-8,12H,1,9H2,2-3H3. The Hall–Kier alpha value is -1.81. The van der Waals surface area contributed by atoms with Gasteiger partial charge in [0.2, 0.25) is 0 Å². The van der Waals surface area contributed by atoms with Crippen molar-refractivity contribution in [1.82, 2.24) is 0 Å². The molecule has 0 bridgehead atoms. The number of esters is 1. The summed E-state index contributed by atoms with van der Waals surface area (Å²) in [5, 5.41) is 0. The molecule has 0 amide bonds. The third-order valence-corrected chi connectivity index (χ3v) is 2.20. The predicted molar refractivity (Wildman–Crippen MR) is 63.9 cm³/mol. The van der Waals surface area contributed by atoms with Gasteiger partial charge in [-0.1, -0.05) is 24.8 Å². The summed E-state index contributed by atoms with van der Waals surface area (Å²) >= 11 is 0. The van der Waals surface area contributed by atoms with Crippen LogP contribution in [0.5, 0.6) is 5.75 Å². The Morgan fingerprint density at radius 2 is 2.00 bits per heavy atom. The first-order chi connectivity index (χ1) is 8.22. The molecule has 0 fully saturated rings. The zero-order valence-electron chi connectivity index (χ0n) is 10.0. The monoisotopic (exact) mass is 236 g/mol. The molecule has 0 spiro atoms. The van der Waals surface area contributed by atoms with Gasteiger partial charge in [-0.25, -0.2) is 4.79 Å². The summed E-state index contributed by atoms with van der Waals surface area (Å²) in [5.74, 6) is 0.292. The molecule has 0 saturated heterocycles. The lowest BCUT2D eigenvalue weighted by Crippen LogP contribution is -2.15. The molecule has 92 valence electrons. The molecule has 1 atom stereocenters. The Bertz CT molecular complexity index is 370.